The number of nitrogens with zero attached hydrogens (tertiary/aromatic N) is 3. The first kappa shape index (κ1) is 18.7. The Kier molecular flexibility index (Phi) is 5.72. The van der Waals surface area contributed by atoms with Crippen LogP contribution < -0.4 is 0 Å². The number of methoxy groups -OCH3 is 1. The molecule has 1 aromatic carbocycles. The summed E-state index contributed by atoms with van der Waals surface area (Å²) in [7, 11) is 1.71. The number of fused-ring (bicyclic) bond motifs is 1. The van der Waals surface area contributed by atoms with E-state index in [1.54, 1.807) is 13.3 Å². The van der Waals surface area contributed by atoms with Crippen molar-refractivity contribution in [3.63, 3.8) is 0 Å². The van der Waals surface area contributed by atoms with Crippen molar-refractivity contribution in [2.24, 2.45) is 0 Å². The quantitative estimate of drug-likeness (QED) is 0.653. The lowest BCUT2D eigenvalue weighted by atomic mass is 9.95. The monoisotopic (exact) mass is 377 g/mol. The maximum Gasteiger partial charge on any atom is 0.227 e. The zero-order chi connectivity index (χ0) is 19.3. The van der Waals surface area contributed by atoms with Crippen LogP contribution in [-0.2, 0) is 22.5 Å². The molecule has 0 spiro atoms. The molecule has 0 bridgehead atoms. The number of ether oxygens (including phenoxy) is 1. The molecule has 1 aliphatic heterocycles. The average molecular weight is 377 g/mol. The molecule has 0 N–H and O–H groups in total. The zero-order valence-electron chi connectivity index (χ0n) is 16.4. The largest absolute Gasteiger partial charge is 0.383 e. The first-order valence-electron chi connectivity index (χ1n) is 10.0. The fourth-order valence-electron chi connectivity index (χ4n) is 4.25. The summed E-state index contributed by atoms with van der Waals surface area (Å²) in [6, 6.07) is 12.5. The van der Waals surface area contributed by atoms with Gasteiger partial charge in [-0.15, -0.1) is 0 Å². The van der Waals surface area contributed by atoms with E-state index < -0.39 is 0 Å². The summed E-state index contributed by atoms with van der Waals surface area (Å²) in [6.45, 7) is 2.26. The van der Waals surface area contributed by atoms with Crippen LogP contribution in [0.25, 0.3) is 10.9 Å². The topological polar surface area (TPSA) is 47.4 Å². The maximum absolute atomic E-state index is 13.3. The highest BCUT2D eigenvalue weighted by Crippen LogP contribution is 2.31. The molecule has 1 aliphatic rings. The molecule has 4 rings (SSSR count). The third-order valence-electron chi connectivity index (χ3n) is 5.64. The molecule has 1 atom stereocenters. The number of likely N-dealkylation sites (tertiary alicyclic amines) is 1. The van der Waals surface area contributed by atoms with Gasteiger partial charge in [-0.3, -0.25) is 9.78 Å². The minimum atomic E-state index is 0.136. The van der Waals surface area contributed by atoms with Gasteiger partial charge in [-0.2, -0.15) is 0 Å². The summed E-state index contributed by atoms with van der Waals surface area (Å²) >= 11 is 0. The number of aromatic nitrogens is 2. The molecule has 0 unspecified atom stereocenters. The Morgan fingerprint density at radius 3 is 2.93 bits per heavy atom. The van der Waals surface area contributed by atoms with E-state index in [9.17, 15) is 4.79 Å². The lowest BCUT2D eigenvalue weighted by molar-refractivity contribution is -0.134. The van der Waals surface area contributed by atoms with Crippen LogP contribution in [0, 0.1) is 0 Å². The second-order valence-electron chi connectivity index (χ2n) is 7.42. The molecule has 0 aliphatic carbocycles. The van der Waals surface area contributed by atoms with Gasteiger partial charge in [0.1, 0.15) is 0 Å². The third kappa shape index (κ3) is 3.80. The van der Waals surface area contributed by atoms with Crippen LogP contribution in [0.2, 0.25) is 0 Å². The summed E-state index contributed by atoms with van der Waals surface area (Å²) in [6.07, 6.45) is 9.45. The smallest absolute Gasteiger partial charge is 0.227 e. The van der Waals surface area contributed by atoms with E-state index >= 15 is 0 Å². The van der Waals surface area contributed by atoms with Crippen molar-refractivity contribution in [1.82, 2.24) is 14.5 Å². The molecule has 1 fully saturated rings. The average Bonchev–Trinajstić information content (AvgIpc) is 3.10. The van der Waals surface area contributed by atoms with Crippen LogP contribution in [0.5, 0.6) is 0 Å². The SMILES string of the molecule is COCCn1cc(CC(=O)N2CCCC[C@@H]2c2cccnc2)c2ccccc21. The van der Waals surface area contributed by atoms with Gasteiger partial charge < -0.3 is 14.2 Å². The normalized spacial score (nSPS) is 17.2. The molecule has 1 amide bonds. The van der Waals surface area contributed by atoms with Crippen LogP contribution in [-0.4, -0.2) is 40.6 Å². The predicted octanol–water partition coefficient (Wildman–Crippen LogP) is 3.98. The van der Waals surface area contributed by atoms with Gasteiger partial charge in [0.25, 0.3) is 0 Å². The van der Waals surface area contributed by atoms with Crippen molar-refractivity contribution < 1.29 is 9.53 Å². The maximum atomic E-state index is 13.3. The fourth-order valence-corrected chi connectivity index (χ4v) is 4.25. The van der Waals surface area contributed by atoms with E-state index in [1.165, 1.54) is 0 Å². The van der Waals surface area contributed by atoms with E-state index in [-0.39, 0.29) is 11.9 Å². The Labute approximate surface area is 165 Å². The number of para-hydroxylation sites is 1. The highest BCUT2D eigenvalue weighted by atomic mass is 16.5. The standard InChI is InChI=1S/C23H27N3O2/c1-28-14-13-25-17-19(20-8-2-3-10-22(20)25)15-23(27)26-12-5-4-9-21(26)18-7-6-11-24-16-18/h2-3,6-8,10-11,16-17,21H,4-5,9,12-15H2,1H3/t21-/m1/s1. The van der Waals surface area contributed by atoms with E-state index in [1.807, 2.05) is 24.4 Å². The van der Waals surface area contributed by atoms with Gasteiger partial charge in [0.2, 0.25) is 5.91 Å². The molecule has 146 valence electrons. The van der Waals surface area contributed by atoms with Crippen LogP contribution in [0.3, 0.4) is 0 Å². The first-order chi connectivity index (χ1) is 13.8. The number of hydrogen-bond donors (Lipinski definition) is 0. The van der Waals surface area contributed by atoms with Crippen molar-refractivity contribution in [3.05, 3.63) is 66.1 Å². The summed E-state index contributed by atoms with van der Waals surface area (Å²) < 4.78 is 7.43. The number of pyridine rings is 1. The minimum Gasteiger partial charge on any atom is -0.383 e. The molecule has 28 heavy (non-hydrogen) atoms. The van der Waals surface area contributed by atoms with Gasteiger partial charge >= 0.3 is 0 Å². The van der Waals surface area contributed by atoms with Gasteiger partial charge in [-0.25, -0.2) is 0 Å². The van der Waals surface area contributed by atoms with E-state index in [0.717, 1.165) is 54.4 Å². The highest BCUT2D eigenvalue weighted by Gasteiger charge is 2.28. The predicted molar refractivity (Wildman–Crippen MR) is 110 cm³/mol. The van der Waals surface area contributed by atoms with Crippen LogP contribution in [0.15, 0.2) is 55.0 Å². The fraction of sp³-hybridized carbons (Fsp3) is 0.391. The summed E-state index contributed by atoms with van der Waals surface area (Å²) in [5.74, 6) is 0.197. The summed E-state index contributed by atoms with van der Waals surface area (Å²) in [5, 5.41) is 1.15. The molecule has 3 aromatic rings. The molecule has 5 heteroatoms. The van der Waals surface area contributed by atoms with Gasteiger partial charge in [-0.1, -0.05) is 24.3 Å². The molecule has 5 nitrogen and oxygen atoms in total. The second kappa shape index (κ2) is 8.57. The van der Waals surface area contributed by atoms with Crippen molar-refractivity contribution >= 4 is 16.8 Å². The number of piperidine rings is 1. The van der Waals surface area contributed by atoms with Crippen molar-refractivity contribution in [3.8, 4) is 0 Å². The zero-order valence-corrected chi connectivity index (χ0v) is 16.4. The molecule has 3 heterocycles. The molecular formula is C23H27N3O2. The Morgan fingerprint density at radius 1 is 1.21 bits per heavy atom. The molecule has 0 radical (unpaired) electrons. The number of benzene rings is 1. The second-order valence-corrected chi connectivity index (χ2v) is 7.42. The first-order valence-corrected chi connectivity index (χ1v) is 10.0. The Balaban J connectivity index is 1.59. The minimum absolute atomic E-state index is 0.136. The van der Waals surface area contributed by atoms with Crippen molar-refractivity contribution in [2.75, 3.05) is 20.3 Å². The van der Waals surface area contributed by atoms with Crippen LogP contribution in [0.1, 0.15) is 36.4 Å². The molecule has 0 saturated carbocycles. The van der Waals surface area contributed by atoms with E-state index in [2.05, 4.69) is 38.8 Å². The number of rotatable bonds is 6. The Bertz CT molecular complexity index is 935. The summed E-state index contributed by atoms with van der Waals surface area (Å²) in [4.78, 5) is 19.6. The Morgan fingerprint density at radius 2 is 2.11 bits per heavy atom. The van der Waals surface area contributed by atoms with Crippen molar-refractivity contribution in [2.45, 2.75) is 38.3 Å². The van der Waals surface area contributed by atoms with Gasteiger partial charge in [0, 0.05) is 49.7 Å². The van der Waals surface area contributed by atoms with Gasteiger partial charge in [0.05, 0.1) is 19.1 Å². The van der Waals surface area contributed by atoms with Gasteiger partial charge in [-0.05, 0) is 42.5 Å². The van der Waals surface area contributed by atoms with Crippen LogP contribution in [0.4, 0.5) is 0 Å². The molecular weight excluding hydrogens is 350 g/mol. The van der Waals surface area contributed by atoms with Gasteiger partial charge in [0.15, 0.2) is 0 Å². The van der Waals surface area contributed by atoms with Crippen LogP contribution >= 0.6 is 0 Å². The third-order valence-corrected chi connectivity index (χ3v) is 5.64. The number of carbonyl (C=O) groups is 1. The van der Waals surface area contributed by atoms with E-state index in [0.29, 0.717) is 13.0 Å². The molecule has 2 aromatic heterocycles. The lowest BCUT2D eigenvalue weighted by Gasteiger charge is -2.36. The van der Waals surface area contributed by atoms with E-state index in [4.69, 9.17) is 4.74 Å². The summed E-state index contributed by atoms with van der Waals surface area (Å²) in [5.41, 5.74) is 3.38. The lowest BCUT2D eigenvalue weighted by Crippen LogP contribution is -2.39. The number of hydrogen-bond acceptors (Lipinski definition) is 3. The number of amides is 1. The number of carbonyl (C=O) groups excluding carboxylic acids is 1. The Hall–Kier alpha value is -2.66. The van der Waals surface area contributed by atoms with Crippen molar-refractivity contribution in [1.29, 1.82) is 0 Å². The molecule has 1 saturated heterocycles. The highest BCUT2D eigenvalue weighted by molar-refractivity contribution is 5.89.